The van der Waals surface area contributed by atoms with Gasteiger partial charge in [0.1, 0.15) is 23.7 Å². The predicted molar refractivity (Wildman–Crippen MR) is 292 cm³/mol. The van der Waals surface area contributed by atoms with Crippen molar-refractivity contribution in [3.63, 3.8) is 0 Å². The Morgan fingerprint density at radius 1 is 0.975 bits per heavy atom. The number of carbonyl (C=O) groups is 8. The van der Waals surface area contributed by atoms with Crippen LogP contribution in [0.25, 0.3) is 21.1 Å². The highest BCUT2D eigenvalue weighted by Crippen LogP contribution is 2.63. The normalized spacial score (nSPS) is 17.8. The third kappa shape index (κ3) is 12.7. The van der Waals surface area contributed by atoms with E-state index in [9.17, 15) is 47.8 Å². The third-order valence-corrected chi connectivity index (χ3v) is 16.8. The number of hydrogen-bond acceptors (Lipinski definition) is 13. The molecule has 5 aromatic rings. The first-order chi connectivity index (χ1) is 37.7. The molecule has 2 aromatic heterocycles. The predicted octanol–water partition coefficient (Wildman–Crippen LogP) is 8.06. The standard InChI is InChI=1S/C57H63F2N6O13PS/c1-55(2,3)48(61-50(69)45-31-36-29-37(17-21-44(36)80-45)57(58,59)79(74,75)78-33-77-54(73)56(4,5)6)53(72)64-26-12-16-42(64)52(71)63(38-18-20-43-35(30-38)24-28-76-43)27-23-47(67)62(7)25-10-8-9-13-34-14-11-15-39-40(34)32-65(51(39)70)41-19-22-46(66)60-49(41)68/h11,14-15,17-18,20-21,24,28-31,41-42,48H,8,10,12,16,19,22-23,25-27,32-33H2,1-7H3,(H,61,69)(H,74,75)(H,60,66,68)/t41?,42-,48+/m0/s1. The number of alkyl halides is 2. The summed E-state index contributed by atoms with van der Waals surface area (Å²) in [5, 5.41) is 5.99. The highest BCUT2D eigenvalue weighted by Gasteiger charge is 2.53. The van der Waals surface area contributed by atoms with Gasteiger partial charge < -0.3 is 39.0 Å². The monoisotopic (exact) mass is 1140 g/mol. The Hall–Kier alpha value is -7.31. The SMILES string of the molecule is CN(CCCC#Cc1cccc2c1CN(C1CCC(=O)NC1=O)C2=O)C(=O)CCN(C(=O)[C@@H]1CCCN1C(=O)[C@@H](NC(=O)c1cc2cc(C(F)(F)P(=O)(O)OCOC(=O)C(C)(C)C)ccc2s1)C(C)(C)C)c1ccc2occc2c1. The fourth-order valence-electron chi connectivity index (χ4n) is 9.71. The summed E-state index contributed by atoms with van der Waals surface area (Å²) in [5.74, 6) is 2.41. The maximum absolute atomic E-state index is 15.5. The van der Waals surface area contributed by atoms with Crippen LogP contribution in [0.15, 0.2) is 77.4 Å². The molecule has 80 heavy (non-hydrogen) atoms. The number of imide groups is 1. The van der Waals surface area contributed by atoms with E-state index in [1.807, 2.05) is 6.07 Å². The average Bonchev–Trinajstić information content (AvgIpc) is 4.24. The third-order valence-electron chi connectivity index (χ3n) is 14.3. The fourth-order valence-corrected chi connectivity index (χ4v) is 11.5. The molecule has 424 valence electrons. The molecule has 2 unspecified atom stereocenters. The van der Waals surface area contributed by atoms with Crippen LogP contribution in [0.1, 0.15) is 123 Å². The molecule has 3 N–H and O–H groups in total. The van der Waals surface area contributed by atoms with E-state index in [0.717, 1.165) is 23.5 Å². The van der Waals surface area contributed by atoms with Crippen LogP contribution in [0, 0.1) is 22.7 Å². The second kappa shape index (κ2) is 23.4. The van der Waals surface area contributed by atoms with Gasteiger partial charge in [0.2, 0.25) is 36.3 Å². The van der Waals surface area contributed by atoms with Gasteiger partial charge in [0.15, 0.2) is 0 Å². The molecule has 3 aromatic carbocycles. The second-order valence-electron chi connectivity index (χ2n) is 22.2. The van der Waals surface area contributed by atoms with E-state index in [4.69, 9.17) is 9.15 Å². The van der Waals surface area contributed by atoms with Crippen molar-refractivity contribution in [3.8, 4) is 11.8 Å². The van der Waals surface area contributed by atoms with Gasteiger partial charge in [-0.25, -0.2) is 0 Å². The lowest BCUT2D eigenvalue weighted by molar-refractivity contribution is -0.160. The van der Waals surface area contributed by atoms with E-state index in [2.05, 4.69) is 27.0 Å². The van der Waals surface area contributed by atoms with Crippen molar-refractivity contribution in [2.24, 2.45) is 10.8 Å². The van der Waals surface area contributed by atoms with Gasteiger partial charge >= 0.3 is 19.2 Å². The molecule has 0 saturated carbocycles. The number of benzene rings is 3. The first kappa shape index (κ1) is 58.8. The van der Waals surface area contributed by atoms with Crippen molar-refractivity contribution in [3.05, 3.63) is 100 Å². The molecule has 0 radical (unpaired) electrons. The van der Waals surface area contributed by atoms with Crippen LogP contribution >= 0.6 is 18.9 Å². The number of halogens is 2. The van der Waals surface area contributed by atoms with Gasteiger partial charge in [0.25, 0.3) is 11.8 Å². The van der Waals surface area contributed by atoms with Crippen LogP contribution in [0.4, 0.5) is 14.5 Å². The molecular formula is C57H63F2N6O13PS. The molecule has 0 spiro atoms. The Bertz CT molecular complexity index is 3410. The molecule has 19 nitrogen and oxygen atoms in total. The average molecular weight is 1140 g/mol. The quantitative estimate of drug-likeness (QED) is 0.0200. The van der Waals surface area contributed by atoms with Crippen molar-refractivity contribution >= 4 is 93.0 Å². The summed E-state index contributed by atoms with van der Waals surface area (Å²) in [5.41, 5.74) is -4.37. The minimum atomic E-state index is -5.75. The number of thiophene rings is 1. The number of carbonyl (C=O) groups excluding carboxylic acids is 8. The number of furan rings is 1. The van der Waals surface area contributed by atoms with Crippen molar-refractivity contribution in [1.82, 2.24) is 25.3 Å². The lowest BCUT2D eigenvalue weighted by Gasteiger charge is -2.36. The van der Waals surface area contributed by atoms with Crippen LogP contribution < -0.4 is 15.5 Å². The molecule has 2 fully saturated rings. The number of unbranched alkanes of at least 4 members (excludes halogenated alkanes) is 1. The van der Waals surface area contributed by atoms with Gasteiger partial charge in [-0.15, -0.1) is 11.3 Å². The minimum Gasteiger partial charge on any atom is -0.464 e. The van der Waals surface area contributed by atoms with Gasteiger partial charge in [0.05, 0.1) is 16.6 Å². The molecule has 0 aliphatic carbocycles. The number of esters is 1. The number of ether oxygens (including phenoxy) is 1. The molecule has 2 saturated heterocycles. The molecule has 0 bridgehead atoms. The summed E-state index contributed by atoms with van der Waals surface area (Å²) in [6, 6.07) is 13.7. The minimum absolute atomic E-state index is 0.0356. The Labute approximate surface area is 464 Å². The number of amides is 7. The number of likely N-dealkylation sites (tertiary alicyclic amines) is 1. The largest absolute Gasteiger partial charge is 0.464 e. The van der Waals surface area contributed by atoms with E-state index in [0.29, 0.717) is 70.3 Å². The number of hydrogen-bond donors (Lipinski definition) is 3. The number of fused-ring (bicyclic) bond motifs is 3. The second-order valence-corrected chi connectivity index (χ2v) is 25.1. The smallest absolute Gasteiger partial charge is 0.404 e. The van der Waals surface area contributed by atoms with Crippen LogP contribution in [0.2, 0.25) is 0 Å². The van der Waals surface area contributed by atoms with Gasteiger partial charge in [0, 0.05) is 85.0 Å². The number of anilines is 1. The fraction of sp³-hybridized carbons (Fsp3) is 0.439. The van der Waals surface area contributed by atoms with Gasteiger partial charge in [-0.3, -0.25) is 52.8 Å². The summed E-state index contributed by atoms with van der Waals surface area (Å²) in [6.45, 7) is 9.29. The van der Waals surface area contributed by atoms with Gasteiger partial charge in [-0.2, -0.15) is 8.78 Å². The van der Waals surface area contributed by atoms with E-state index in [1.54, 1.807) is 69.1 Å². The van der Waals surface area contributed by atoms with Crippen LogP contribution in [0.5, 0.6) is 0 Å². The van der Waals surface area contributed by atoms with Crippen LogP contribution in [-0.4, -0.2) is 119 Å². The lowest BCUT2D eigenvalue weighted by Crippen LogP contribution is -2.58. The number of nitrogens with zero attached hydrogens (tertiary/aromatic N) is 4. The van der Waals surface area contributed by atoms with Gasteiger partial charge in [-0.05, 0) is 117 Å². The molecule has 4 atom stereocenters. The molecule has 8 rings (SSSR count). The summed E-state index contributed by atoms with van der Waals surface area (Å²) in [7, 11) is -4.09. The first-order valence-corrected chi connectivity index (χ1v) is 28.5. The summed E-state index contributed by atoms with van der Waals surface area (Å²) >= 11 is 0.945. The Kier molecular flexibility index (Phi) is 17.2. The zero-order valence-electron chi connectivity index (χ0n) is 45.4. The van der Waals surface area contributed by atoms with Crippen molar-refractivity contribution in [2.45, 2.75) is 117 Å². The number of piperidine rings is 1. The molecule has 7 amide bonds. The van der Waals surface area contributed by atoms with Gasteiger partial charge in [-0.1, -0.05) is 44.7 Å². The maximum Gasteiger partial charge on any atom is 0.404 e. The molecule has 5 heterocycles. The highest BCUT2D eigenvalue weighted by molar-refractivity contribution is 7.53. The van der Waals surface area contributed by atoms with Crippen molar-refractivity contribution in [1.29, 1.82) is 0 Å². The van der Waals surface area contributed by atoms with Crippen molar-refractivity contribution in [2.75, 3.05) is 38.4 Å². The van der Waals surface area contributed by atoms with Crippen molar-refractivity contribution < 1.29 is 70.3 Å². The molecular weight excluding hydrogens is 1080 g/mol. The van der Waals surface area contributed by atoms with E-state index in [1.165, 1.54) is 53.9 Å². The molecule has 3 aliphatic rings. The Morgan fingerprint density at radius 3 is 2.46 bits per heavy atom. The summed E-state index contributed by atoms with van der Waals surface area (Å²) < 4.78 is 59.1. The van der Waals surface area contributed by atoms with E-state index in [-0.39, 0.29) is 66.9 Å². The topological polar surface area (TPSA) is 242 Å². The summed E-state index contributed by atoms with van der Waals surface area (Å²) in [6.07, 6.45) is 3.55. The van der Waals surface area contributed by atoms with Crippen LogP contribution in [0.3, 0.4) is 0 Å². The Balaban J connectivity index is 0.910. The van der Waals surface area contributed by atoms with E-state index < -0.39 is 84.2 Å². The molecule has 23 heteroatoms. The molecule has 3 aliphatic heterocycles. The maximum atomic E-state index is 15.5. The van der Waals surface area contributed by atoms with Crippen LogP contribution in [-0.2, 0) is 54.8 Å². The zero-order chi connectivity index (χ0) is 58.1. The first-order valence-electron chi connectivity index (χ1n) is 26.1. The Morgan fingerprint density at radius 2 is 1.74 bits per heavy atom. The van der Waals surface area contributed by atoms with E-state index >= 15 is 8.78 Å². The lowest BCUT2D eigenvalue weighted by atomic mass is 9.85. The summed E-state index contributed by atoms with van der Waals surface area (Å²) in [4.78, 5) is 123. The zero-order valence-corrected chi connectivity index (χ0v) is 47.1. The number of nitrogens with one attached hydrogen (secondary N) is 2. The highest BCUT2D eigenvalue weighted by atomic mass is 32.1. The number of rotatable bonds is 17.